The highest BCUT2D eigenvalue weighted by atomic mass is 19.4. The van der Waals surface area contributed by atoms with E-state index in [4.69, 9.17) is 0 Å². The first kappa shape index (κ1) is 14.3. The minimum absolute atomic E-state index is 0.140. The van der Waals surface area contributed by atoms with E-state index >= 15 is 0 Å². The second kappa shape index (κ2) is 5.90. The lowest BCUT2D eigenvalue weighted by atomic mass is 9.74. The molecule has 19 heavy (non-hydrogen) atoms. The normalized spacial score (nSPS) is 26.1. The van der Waals surface area contributed by atoms with Crippen LogP contribution in [0.1, 0.15) is 31.2 Å². The lowest BCUT2D eigenvalue weighted by Crippen LogP contribution is -2.40. The molecular formula is C14H18F3NO. The van der Waals surface area contributed by atoms with Crippen LogP contribution in [-0.2, 0) is 6.42 Å². The van der Waals surface area contributed by atoms with Crippen LogP contribution in [0.15, 0.2) is 24.5 Å². The van der Waals surface area contributed by atoms with Crippen molar-refractivity contribution in [1.29, 1.82) is 0 Å². The predicted molar refractivity (Wildman–Crippen MR) is 65.5 cm³/mol. The van der Waals surface area contributed by atoms with E-state index in [2.05, 4.69) is 4.98 Å². The zero-order chi connectivity index (χ0) is 13.9. The van der Waals surface area contributed by atoms with Gasteiger partial charge in [-0.15, -0.1) is 0 Å². The van der Waals surface area contributed by atoms with Gasteiger partial charge in [-0.1, -0.05) is 12.8 Å². The molecule has 3 unspecified atom stereocenters. The molecule has 0 radical (unpaired) electrons. The summed E-state index contributed by atoms with van der Waals surface area (Å²) in [6.45, 7) is 0. The van der Waals surface area contributed by atoms with Gasteiger partial charge < -0.3 is 5.11 Å². The summed E-state index contributed by atoms with van der Waals surface area (Å²) >= 11 is 0. The first-order valence-corrected chi connectivity index (χ1v) is 6.62. The van der Waals surface area contributed by atoms with Gasteiger partial charge in [-0.3, -0.25) is 4.98 Å². The minimum atomic E-state index is -4.20. The van der Waals surface area contributed by atoms with Crippen molar-refractivity contribution in [2.45, 2.75) is 44.4 Å². The van der Waals surface area contributed by atoms with E-state index in [1.165, 1.54) is 0 Å². The Kier molecular flexibility index (Phi) is 4.45. The van der Waals surface area contributed by atoms with Crippen LogP contribution in [0.3, 0.4) is 0 Å². The van der Waals surface area contributed by atoms with Gasteiger partial charge in [0.2, 0.25) is 0 Å². The Balaban J connectivity index is 2.05. The van der Waals surface area contributed by atoms with Crippen molar-refractivity contribution in [3.63, 3.8) is 0 Å². The second-order valence-electron chi connectivity index (χ2n) is 5.22. The number of alkyl halides is 3. The Hall–Kier alpha value is -1.10. The average molecular weight is 273 g/mol. The van der Waals surface area contributed by atoms with Crippen LogP contribution in [0, 0.1) is 11.8 Å². The Bertz CT molecular complexity index is 393. The zero-order valence-electron chi connectivity index (χ0n) is 10.6. The molecule has 1 N–H and O–H groups in total. The minimum Gasteiger partial charge on any atom is -0.392 e. The van der Waals surface area contributed by atoms with Crippen molar-refractivity contribution >= 4 is 0 Å². The van der Waals surface area contributed by atoms with Gasteiger partial charge in [-0.25, -0.2) is 0 Å². The summed E-state index contributed by atoms with van der Waals surface area (Å²) in [7, 11) is 0. The standard InChI is InChI=1S/C14H18F3NO/c15-14(16,17)12-4-2-1-3-11(12)13(19)9-10-5-7-18-8-6-10/h5-8,11-13,19H,1-4,9H2. The van der Waals surface area contributed by atoms with Crippen LogP contribution in [0.25, 0.3) is 0 Å². The number of nitrogens with zero attached hydrogens (tertiary/aromatic N) is 1. The van der Waals surface area contributed by atoms with Crippen LogP contribution < -0.4 is 0 Å². The van der Waals surface area contributed by atoms with Crippen molar-refractivity contribution in [2.75, 3.05) is 0 Å². The second-order valence-corrected chi connectivity index (χ2v) is 5.22. The van der Waals surface area contributed by atoms with Gasteiger partial charge in [0.25, 0.3) is 0 Å². The number of pyridine rings is 1. The number of aliphatic hydroxyl groups is 1. The summed E-state index contributed by atoms with van der Waals surface area (Å²) in [6.07, 6.45) is 0.262. The number of aliphatic hydroxyl groups excluding tert-OH is 1. The largest absolute Gasteiger partial charge is 0.392 e. The van der Waals surface area contributed by atoms with Gasteiger partial charge in [0, 0.05) is 12.4 Å². The van der Waals surface area contributed by atoms with Crippen LogP contribution in [-0.4, -0.2) is 22.4 Å². The molecule has 2 rings (SSSR count). The molecule has 0 spiro atoms. The monoisotopic (exact) mass is 273 g/mol. The molecule has 1 heterocycles. The van der Waals surface area contributed by atoms with Crippen LogP contribution >= 0.6 is 0 Å². The molecule has 3 atom stereocenters. The summed E-state index contributed by atoms with van der Waals surface area (Å²) < 4.78 is 38.9. The van der Waals surface area contributed by atoms with Crippen LogP contribution in [0.4, 0.5) is 13.2 Å². The predicted octanol–water partition coefficient (Wildman–Crippen LogP) is 3.35. The Morgan fingerprint density at radius 2 is 1.84 bits per heavy atom. The topological polar surface area (TPSA) is 33.1 Å². The quantitative estimate of drug-likeness (QED) is 0.916. The van der Waals surface area contributed by atoms with Crippen LogP contribution in [0.5, 0.6) is 0 Å². The fourth-order valence-electron chi connectivity index (χ4n) is 2.94. The maximum absolute atomic E-state index is 13.0. The molecule has 1 aromatic heterocycles. The zero-order valence-corrected chi connectivity index (χ0v) is 10.6. The Morgan fingerprint density at radius 1 is 1.21 bits per heavy atom. The van der Waals surface area contributed by atoms with Crippen molar-refractivity contribution in [3.8, 4) is 0 Å². The highest BCUT2D eigenvalue weighted by Gasteiger charge is 2.47. The summed E-state index contributed by atoms with van der Waals surface area (Å²) in [4.78, 5) is 3.86. The summed E-state index contributed by atoms with van der Waals surface area (Å²) in [5, 5.41) is 10.1. The summed E-state index contributed by atoms with van der Waals surface area (Å²) in [6, 6.07) is 3.46. The molecule has 106 valence electrons. The molecule has 0 saturated heterocycles. The van der Waals surface area contributed by atoms with E-state index in [1.807, 2.05) is 0 Å². The summed E-state index contributed by atoms with van der Waals surface area (Å²) in [5.74, 6) is -2.04. The first-order valence-electron chi connectivity index (χ1n) is 6.62. The molecule has 1 aliphatic carbocycles. The highest BCUT2D eigenvalue weighted by Crippen LogP contribution is 2.43. The molecule has 0 aliphatic heterocycles. The molecule has 1 fully saturated rings. The van der Waals surface area contributed by atoms with Crippen molar-refractivity contribution in [3.05, 3.63) is 30.1 Å². The summed E-state index contributed by atoms with van der Waals surface area (Å²) in [5.41, 5.74) is 0.828. The van der Waals surface area contributed by atoms with Gasteiger partial charge in [-0.2, -0.15) is 13.2 Å². The number of rotatable bonds is 3. The van der Waals surface area contributed by atoms with Crippen molar-refractivity contribution in [2.24, 2.45) is 11.8 Å². The van der Waals surface area contributed by atoms with Gasteiger partial charge in [-0.05, 0) is 42.9 Å². The molecule has 0 bridgehead atoms. The number of halogens is 3. The van der Waals surface area contributed by atoms with Gasteiger partial charge >= 0.3 is 6.18 Å². The Labute approximate surface area is 110 Å². The third kappa shape index (κ3) is 3.69. The van der Waals surface area contributed by atoms with Crippen molar-refractivity contribution in [1.82, 2.24) is 4.98 Å². The maximum atomic E-state index is 13.0. The van der Waals surface area contributed by atoms with E-state index in [0.717, 1.165) is 12.0 Å². The lowest BCUT2D eigenvalue weighted by Gasteiger charge is -2.36. The fourth-order valence-corrected chi connectivity index (χ4v) is 2.94. The molecule has 1 saturated carbocycles. The van der Waals surface area contributed by atoms with E-state index in [-0.39, 0.29) is 12.8 Å². The SMILES string of the molecule is OC(Cc1ccncc1)C1CCCCC1C(F)(F)F. The van der Waals surface area contributed by atoms with Gasteiger partial charge in [0.05, 0.1) is 12.0 Å². The van der Waals surface area contributed by atoms with E-state index in [0.29, 0.717) is 12.8 Å². The number of hydrogen-bond acceptors (Lipinski definition) is 2. The molecule has 1 aliphatic rings. The van der Waals surface area contributed by atoms with Crippen LogP contribution in [0.2, 0.25) is 0 Å². The van der Waals surface area contributed by atoms with E-state index in [1.54, 1.807) is 24.5 Å². The average Bonchev–Trinajstić information content (AvgIpc) is 2.39. The third-order valence-electron chi connectivity index (χ3n) is 3.93. The molecular weight excluding hydrogens is 255 g/mol. The van der Waals surface area contributed by atoms with E-state index in [9.17, 15) is 18.3 Å². The first-order chi connectivity index (χ1) is 8.98. The fraction of sp³-hybridized carbons (Fsp3) is 0.643. The molecule has 0 aromatic carbocycles. The molecule has 5 heteroatoms. The number of hydrogen-bond donors (Lipinski definition) is 1. The number of aromatic nitrogens is 1. The van der Waals surface area contributed by atoms with E-state index < -0.39 is 24.1 Å². The van der Waals surface area contributed by atoms with Crippen molar-refractivity contribution < 1.29 is 18.3 Å². The molecule has 1 aromatic rings. The third-order valence-corrected chi connectivity index (χ3v) is 3.93. The lowest BCUT2D eigenvalue weighted by molar-refractivity contribution is -0.206. The highest BCUT2D eigenvalue weighted by molar-refractivity contribution is 5.11. The van der Waals surface area contributed by atoms with Gasteiger partial charge in [0.15, 0.2) is 0 Å². The Morgan fingerprint density at radius 3 is 2.47 bits per heavy atom. The molecule has 2 nitrogen and oxygen atoms in total. The van der Waals surface area contributed by atoms with Gasteiger partial charge in [0.1, 0.15) is 0 Å². The smallest absolute Gasteiger partial charge is 0.392 e. The maximum Gasteiger partial charge on any atom is 0.392 e. The molecule has 0 amide bonds.